The van der Waals surface area contributed by atoms with E-state index in [1.54, 1.807) is 0 Å². The summed E-state index contributed by atoms with van der Waals surface area (Å²) in [6, 6.07) is 16.5. The number of rotatable bonds is 10. The summed E-state index contributed by atoms with van der Waals surface area (Å²) in [5, 5.41) is 0. The largest absolute Gasteiger partial charge is 0.492 e. The van der Waals surface area contributed by atoms with Crippen LogP contribution in [-0.2, 0) is 16.4 Å². The molecule has 3 rings (SSSR count). The zero-order valence-electron chi connectivity index (χ0n) is 19.1. The van der Waals surface area contributed by atoms with Crippen molar-refractivity contribution in [3.05, 3.63) is 59.7 Å². The first-order valence-electron chi connectivity index (χ1n) is 11.2. The molecule has 0 aliphatic carbocycles. The molecule has 1 aliphatic heterocycles. The maximum Gasteiger partial charge on any atom is 0.211 e. The molecule has 31 heavy (non-hydrogen) atoms. The maximum absolute atomic E-state index is 11.8. The number of hydrogen-bond donors (Lipinski definition) is 1. The molecule has 0 amide bonds. The van der Waals surface area contributed by atoms with Crippen LogP contribution in [0.25, 0.3) is 0 Å². The Kier molecular flexibility index (Phi) is 7.65. The third-order valence-corrected chi connectivity index (χ3v) is 7.63. The van der Waals surface area contributed by atoms with Crippen molar-refractivity contribution >= 4 is 10.0 Å². The van der Waals surface area contributed by atoms with Gasteiger partial charge in [0.25, 0.3) is 0 Å². The van der Waals surface area contributed by atoms with Crippen LogP contribution in [0.5, 0.6) is 11.5 Å². The summed E-state index contributed by atoms with van der Waals surface area (Å²) in [5.41, 5.74) is 2.23. The van der Waals surface area contributed by atoms with Crippen molar-refractivity contribution in [1.29, 1.82) is 0 Å². The summed E-state index contributed by atoms with van der Waals surface area (Å²) in [6.07, 6.45) is 2.56. The molecule has 0 saturated heterocycles. The van der Waals surface area contributed by atoms with E-state index in [-0.39, 0.29) is 24.5 Å². The van der Waals surface area contributed by atoms with Gasteiger partial charge in [0.15, 0.2) is 0 Å². The normalized spacial score (nSPS) is 20.0. The molecule has 170 valence electrons. The van der Waals surface area contributed by atoms with Gasteiger partial charge in [-0.15, -0.1) is 0 Å². The molecule has 0 radical (unpaired) electrons. The fourth-order valence-corrected chi connectivity index (χ4v) is 5.74. The summed E-state index contributed by atoms with van der Waals surface area (Å²) in [4.78, 5) is 0. The summed E-state index contributed by atoms with van der Waals surface area (Å²) in [6.45, 7) is 8.97. The molecule has 0 saturated carbocycles. The molecule has 1 heterocycles. The van der Waals surface area contributed by atoms with E-state index in [0.29, 0.717) is 18.3 Å². The molecular formula is C25H35NO4S. The van der Waals surface area contributed by atoms with Crippen molar-refractivity contribution in [3.8, 4) is 11.5 Å². The summed E-state index contributed by atoms with van der Waals surface area (Å²) < 4.78 is 38.5. The molecule has 0 fully saturated rings. The highest BCUT2D eigenvalue weighted by atomic mass is 32.2. The molecule has 2 aromatic rings. The fourth-order valence-electron chi connectivity index (χ4n) is 4.66. The highest BCUT2D eigenvalue weighted by Crippen LogP contribution is 2.48. The number of fused-ring (bicyclic) bond motifs is 1. The number of benzene rings is 2. The van der Waals surface area contributed by atoms with E-state index in [9.17, 15) is 8.42 Å². The lowest BCUT2D eigenvalue weighted by Gasteiger charge is -2.45. The molecule has 6 heteroatoms. The second-order valence-corrected chi connectivity index (χ2v) is 10.7. The van der Waals surface area contributed by atoms with Crippen LogP contribution in [0.3, 0.4) is 0 Å². The van der Waals surface area contributed by atoms with Crippen molar-refractivity contribution in [2.24, 2.45) is 5.92 Å². The van der Waals surface area contributed by atoms with Gasteiger partial charge in [-0.05, 0) is 62.8 Å². The van der Waals surface area contributed by atoms with Crippen LogP contribution in [0.4, 0.5) is 0 Å². The Morgan fingerprint density at radius 3 is 2.52 bits per heavy atom. The van der Waals surface area contributed by atoms with Gasteiger partial charge in [-0.25, -0.2) is 13.1 Å². The van der Waals surface area contributed by atoms with Crippen LogP contribution in [0.15, 0.2) is 48.5 Å². The van der Waals surface area contributed by atoms with Gasteiger partial charge in [0.2, 0.25) is 10.0 Å². The average molecular weight is 446 g/mol. The lowest BCUT2D eigenvalue weighted by molar-refractivity contribution is 0.00786. The van der Waals surface area contributed by atoms with E-state index < -0.39 is 10.0 Å². The van der Waals surface area contributed by atoms with Crippen molar-refractivity contribution in [2.45, 2.75) is 58.5 Å². The average Bonchev–Trinajstić information content (AvgIpc) is 2.72. The summed E-state index contributed by atoms with van der Waals surface area (Å²) >= 11 is 0. The second-order valence-electron chi connectivity index (χ2n) is 8.78. The maximum atomic E-state index is 11.8. The quantitative estimate of drug-likeness (QED) is 0.527. The first kappa shape index (κ1) is 23.6. The van der Waals surface area contributed by atoms with Gasteiger partial charge in [0, 0.05) is 18.0 Å². The predicted octanol–water partition coefficient (Wildman–Crippen LogP) is 4.92. The van der Waals surface area contributed by atoms with Crippen LogP contribution in [-0.4, -0.2) is 32.9 Å². The number of ether oxygens (including phenoxy) is 2. The Balaban J connectivity index is 1.78. The molecule has 0 bridgehead atoms. The smallest absolute Gasteiger partial charge is 0.211 e. The lowest BCUT2D eigenvalue weighted by atomic mass is 9.70. The standard InChI is InChI=1S/C25H35NO4S/c1-5-16-31(27,28)26-14-15-29-20-12-13-24-22(18-20)21(17-19-10-8-7-9-11-19)23(6-2)25(3,4)30-24/h7-13,18,21,23,26H,5-6,14-17H2,1-4H3. The topological polar surface area (TPSA) is 64.6 Å². The first-order chi connectivity index (χ1) is 14.8. The van der Waals surface area contributed by atoms with Gasteiger partial charge in [0.05, 0.1) is 5.75 Å². The Morgan fingerprint density at radius 1 is 1.10 bits per heavy atom. The van der Waals surface area contributed by atoms with Crippen molar-refractivity contribution in [2.75, 3.05) is 18.9 Å². The Hall–Kier alpha value is -2.05. The first-order valence-corrected chi connectivity index (χ1v) is 12.9. The van der Waals surface area contributed by atoms with E-state index in [1.807, 2.05) is 25.1 Å². The van der Waals surface area contributed by atoms with Gasteiger partial charge < -0.3 is 9.47 Å². The third-order valence-electron chi connectivity index (χ3n) is 6.04. The summed E-state index contributed by atoms with van der Waals surface area (Å²) in [7, 11) is -3.22. The van der Waals surface area contributed by atoms with E-state index in [2.05, 4.69) is 55.8 Å². The Labute approximate surface area is 187 Å². The van der Waals surface area contributed by atoms with Gasteiger partial charge in [-0.1, -0.05) is 44.2 Å². The molecule has 1 aliphatic rings. The van der Waals surface area contributed by atoms with Crippen molar-refractivity contribution in [3.63, 3.8) is 0 Å². The zero-order chi connectivity index (χ0) is 22.5. The minimum absolute atomic E-state index is 0.137. The number of hydrogen-bond acceptors (Lipinski definition) is 4. The second kappa shape index (κ2) is 10.0. The van der Waals surface area contributed by atoms with Crippen LogP contribution < -0.4 is 14.2 Å². The van der Waals surface area contributed by atoms with E-state index in [1.165, 1.54) is 11.1 Å². The molecule has 0 aromatic heterocycles. The molecular weight excluding hydrogens is 410 g/mol. The predicted molar refractivity (Wildman–Crippen MR) is 125 cm³/mol. The van der Waals surface area contributed by atoms with Gasteiger partial charge in [0.1, 0.15) is 23.7 Å². The SMILES string of the molecule is CCCS(=O)(=O)NCCOc1ccc2c(c1)C(Cc1ccccc1)C(CC)C(C)(C)O2. The highest BCUT2D eigenvalue weighted by Gasteiger charge is 2.42. The molecule has 2 atom stereocenters. The van der Waals surface area contributed by atoms with E-state index >= 15 is 0 Å². The van der Waals surface area contributed by atoms with Crippen LogP contribution in [0.2, 0.25) is 0 Å². The minimum Gasteiger partial charge on any atom is -0.492 e. The third kappa shape index (κ3) is 6.01. The highest BCUT2D eigenvalue weighted by molar-refractivity contribution is 7.89. The summed E-state index contributed by atoms with van der Waals surface area (Å²) in [5.74, 6) is 2.48. The molecule has 0 spiro atoms. The van der Waals surface area contributed by atoms with Gasteiger partial charge in [-0.2, -0.15) is 0 Å². The molecule has 5 nitrogen and oxygen atoms in total. The zero-order valence-corrected chi connectivity index (χ0v) is 19.9. The fraction of sp³-hybridized carbons (Fsp3) is 0.520. The minimum atomic E-state index is -3.22. The molecule has 2 aromatic carbocycles. The van der Waals surface area contributed by atoms with Crippen molar-refractivity contribution < 1.29 is 17.9 Å². The van der Waals surface area contributed by atoms with Gasteiger partial charge in [-0.3, -0.25) is 0 Å². The van der Waals surface area contributed by atoms with Crippen LogP contribution >= 0.6 is 0 Å². The van der Waals surface area contributed by atoms with Crippen LogP contribution in [0.1, 0.15) is 57.6 Å². The lowest BCUT2D eigenvalue weighted by Crippen LogP contribution is -2.44. The van der Waals surface area contributed by atoms with E-state index in [4.69, 9.17) is 9.47 Å². The number of nitrogens with one attached hydrogen (secondary N) is 1. The monoisotopic (exact) mass is 445 g/mol. The van der Waals surface area contributed by atoms with Crippen molar-refractivity contribution in [1.82, 2.24) is 4.72 Å². The molecule has 2 unspecified atom stereocenters. The Bertz CT molecular complexity index is 957. The Morgan fingerprint density at radius 2 is 1.84 bits per heavy atom. The van der Waals surface area contributed by atoms with Gasteiger partial charge >= 0.3 is 0 Å². The molecule has 1 N–H and O–H groups in total. The number of sulfonamides is 1. The van der Waals surface area contributed by atoms with E-state index in [0.717, 1.165) is 24.3 Å². The van der Waals surface area contributed by atoms with Crippen LogP contribution in [0, 0.1) is 5.92 Å².